The fourth-order valence-corrected chi connectivity index (χ4v) is 2.08. The quantitative estimate of drug-likeness (QED) is 0.864. The highest BCUT2D eigenvalue weighted by Gasteiger charge is 2.51. The van der Waals surface area contributed by atoms with Gasteiger partial charge in [-0.15, -0.1) is 23.2 Å². The van der Waals surface area contributed by atoms with Gasteiger partial charge in [-0.2, -0.15) is 0 Å². The number of aromatic nitrogens is 1. The summed E-state index contributed by atoms with van der Waals surface area (Å²) in [6, 6.07) is 3.81. The second-order valence-electron chi connectivity index (χ2n) is 3.40. The summed E-state index contributed by atoms with van der Waals surface area (Å²) in [6.07, 6.45) is 2.60. The predicted molar refractivity (Wildman–Crippen MR) is 63.0 cm³/mol. The molecule has 1 aromatic rings. The van der Waals surface area contributed by atoms with Gasteiger partial charge in [0.25, 0.3) is 0 Å². The first-order valence-electron chi connectivity index (χ1n) is 4.31. The van der Waals surface area contributed by atoms with Crippen LogP contribution in [0.2, 0.25) is 0 Å². The Morgan fingerprint density at radius 3 is 2.93 bits per heavy atom. The summed E-state index contributed by atoms with van der Waals surface area (Å²) in [5, 5.41) is 3.19. The minimum Gasteiger partial charge on any atom is -0.370 e. The van der Waals surface area contributed by atoms with E-state index in [2.05, 4.69) is 26.2 Å². The largest absolute Gasteiger partial charge is 0.370 e. The van der Waals surface area contributed by atoms with E-state index in [0.29, 0.717) is 5.92 Å². The molecule has 0 radical (unpaired) electrons. The first-order valence-corrected chi connectivity index (χ1v) is 5.86. The summed E-state index contributed by atoms with van der Waals surface area (Å²) in [5.74, 6) is 1.18. The number of nitrogens with zero attached hydrogens (tertiary/aromatic N) is 1. The molecule has 1 unspecified atom stereocenters. The maximum absolute atomic E-state index is 5.90. The molecule has 1 fully saturated rings. The first-order chi connectivity index (χ1) is 6.58. The van der Waals surface area contributed by atoms with Crippen molar-refractivity contribution in [3.8, 4) is 0 Å². The van der Waals surface area contributed by atoms with Crippen LogP contribution in [0.4, 0.5) is 5.82 Å². The Labute approximate surface area is 101 Å². The summed E-state index contributed by atoms with van der Waals surface area (Å²) in [4.78, 5) is 4.16. The van der Waals surface area contributed by atoms with Crippen molar-refractivity contribution >= 4 is 44.9 Å². The van der Waals surface area contributed by atoms with Crippen LogP contribution < -0.4 is 5.32 Å². The van der Waals surface area contributed by atoms with Crippen molar-refractivity contribution in [1.82, 2.24) is 4.98 Å². The molecule has 0 aliphatic heterocycles. The molecule has 1 N–H and O–H groups in total. The molecular weight excluding hydrogens is 287 g/mol. The van der Waals surface area contributed by atoms with Gasteiger partial charge in [-0.05, 0) is 18.6 Å². The summed E-state index contributed by atoms with van der Waals surface area (Å²) in [7, 11) is 0. The second kappa shape index (κ2) is 3.87. The standard InChI is InChI=1S/C9H9BrCl2N2/c10-7-1-2-13-8(3-7)14-5-6-4-9(6,11)12/h1-3,6H,4-5H2,(H,13,14). The van der Waals surface area contributed by atoms with Gasteiger partial charge in [0.15, 0.2) is 0 Å². The van der Waals surface area contributed by atoms with Gasteiger partial charge in [0.1, 0.15) is 10.2 Å². The van der Waals surface area contributed by atoms with E-state index in [1.54, 1.807) is 6.20 Å². The van der Waals surface area contributed by atoms with Crippen molar-refractivity contribution in [2.24, 2.45) is 5.92 Å². The zero-order chi connectivity index (χ0) is 10.2. The molecule has 0 spiro atoms. The Bertz CT molecular complexity index is 343. The predicted octanol–water partition coefficient (Wildman–Crippen LogP) is 3.45. The molecule has 14 heavy (non-hydrogen) atoms. The summed E-state index contributed by atoms with van der Waals surface area (Å²) in [5.41, 5.74) is 0. The van der Waals surface area contributed by atoms with Crippen molar-refractivity contribution in [2.45, 2.75) is 10.8 Å². The molecule has 76 valence electrons. The smallest absolute Gasteiger partial charge is 0.127 e. The van der Waals surface area contributed by atoms with E-state index in [1.165, 1.54) is 0 Å². The van der Waals surface area contributed by atoms with Gasteiger partial charge in [0.05, 0.1) is 0 Å². The maximum Gasteiger partial charge on any atom is 0.127 e. The fraction of sp³-hybridized carbons (Fsp3) is 0.444. The van der Waals surface area contributed by atoms with E-state index >= 15 is 0 Å². The lowest BCUT2D eigenvalue weighted by atomic mass is 10.4. The van der Waals surface area contributed by atoms with Crippen LogP contribution in [-0.2, 0) is 0 Å². The van der Waals surface area contributed by atoms with Crippen molar-refractivity contribution < 1.29 is 0 Å². The van der Waals surface area contributed by atoms with Crippen LogP contribution in [0.25, 0.3) is 0 Å². The van der Waals surface area contributed by atoms with E-state index in [1.807, 2.05) is 12.1 Å². The molecule has 1 heterocycles. The van der Waals surface area contributed by atoms with Crippen LogP contribution in [0.15, 0.2) is 22.8 Å². The Hall–Kier alpha value is 0.01000. The Balaban J connectivity index is 1.87. The average Bonchev–Trinajstić information content (AvgIpc) is 2.71. The number of hydrogen-bond acceptors (Lipinski definition) is 2. The van der Waals surface area contributed by atoms with Gasteiger partial charge in [-0.25, -0.2) is 4.98 Å². The molecule has 5 heteroatoms. The van der Waals surface area contributed by atoms with Crippen molar-refractivity contribution in [1.29, 1.82) is 0 Å². The highest BCUT2D eigenvalue weighted by Crippen LogP contribution is 2.52. The van der Waals surface area contributed by atoms with Gasteiger partial charge >= 0.3 is 0 Å². The van der Waals surface area contributed by atoms with Crippen LogP contribution in [0.1, 0.15) is 6.42 Å². The molecule has 0 bridgehead atoms. The lowest BCUT2D eigenvalue weighted by Gasteiger charge is -2.05. The van der Waals surface area contributed by atoms with Crippen molar-refractivity contribution in [3.63, 3.8) is 0 Å². The van der Waals surface area contributed by atoms with Gasteiger partial charge in [-0.1, -0.05) is 15.9 Å². The molecular formula is C9H9BrCl2N2. The molecule has 2 nitrogen and oxygen atoms in total. The van der Waals surface area contributed by atoms with E-state index in [-0.39, 0.29) is 0 Å². The minimum absolute atomic E-state index is 0.339. The van der Waals surface area contributed by atoms with Crippen LogP contribution in [0.5, 0.6) is 0 Å². The second-order valence-corrected chi connectivity index (χ2v) is 5.86. The van der Waals surface area contributed by atoms with Gasteiger partial charge < -0.3 is 5.32 Å². The van der Waals surface area contributed by atoms with Crippen LogP contribution in [0.3, 0.4) is 0 Å². The minimum atomic E-state index is -0.515. The molecule has 1 atom stereocenters. The molecule has 2 rings (SSSR count). The molecule has 0 aromatic carbocycles. The summed E-state index contributed by atoms with van der Waals surface area (Å²) in [6.45, 7) is 0.774. The Morgan fingerprint density at radius 1 is 1.64 bits per heavy atom. The van der Waals surface area contributed by atoms with Crippen molar-refractivity contribution in [3.05, 3.63) is 22.8 Å². The number of rotatable bonds is 3. The average molecular weight is 296 g/mol. The highest BCUT2D eigenvalue weighted by atomic mass is 79.9. The summed E-state index contributed by atoms with van der Waals surface area (Å²) >= 11 is 15.2. The van der Waals surface area contributed by atoms with Gasteiger partial charge in [0, 0.05) is 23.1 Å². The normalized spacial score (nSPS) is 23.2. The first kappa shape index (κ1) is 10.5. The number of anilines is 1. The van der Waals surface area contributed by atoms with E-state index in [0.717, 1.165) is 23.3 Å². The molecule has 0 saturated heterocycles. The molecule has 1 aromatic heterocycles. The van der Waals surface area contributed by atoms with Crippen LogP contribution in [0, 0.1) is 5.92 Å². The highest BCUT2D eigenvalue weighted by molar-refractivity contribution is 9.10. The van der Waals surface area contributed by atoms with E-state index in [9.17, 15) is 0 Å². The van der Waals surface area contributed by atoms with Crippen LogP contribution in [-0.4, -0.2) is 15.9 Å². The number of nitrogens with one attached hydrogen (secondary N) is 1. The lowest BCUT2D eigenvalue weighted by molar-refractivity contribution is 0.869. The van der Waals surface area contributed by atoms with E-state index in [4.69, 9.17) is 23.2 Å². The fourth-order valence-electron chi connectivity index (χ4n) is 1.22. The molecule has 1 saturated carbocycles. The zero-order valence-corrected chi connectivity index (χ0v) is 10.4. The van der Waals surface area contributed by atoms with E-state index < -0.39 is 4.33 Å². The van der Waals surface area contributed by atoms with Crippen LogP contribution >= 0.6 is 39.1 Å². The topological polar surface area (TPSA) is 24.9 Å². The third-order valence-corrected chi connectivity index (χ3v) is 3.63. The molecule has 1 aliphatic rings. The SMILES string of the molecule is ClC1(Cl)CC1CNc1cc(Br)ccn1. The zero-order valence-electron chi connectivity index (χ0n) is 7.30. The Kier molecular flexibility index (Phi) is 2.91. The number of hydrogen-bond donors (Lipinski definition) is 1. The lowest BCUT2D eigenvalue weighted by Crippen LogP contribution is -2.08. The monoisotopic (exact) mass is 294 g/mol. The molecule has 1 aliphatic carbocycles. The van der Waals surface area contributed by atoms with Gasteiger partial charge in [0.2, 0.25) is 0 Å². The number of halogens is 3. The van der Waals surface area contributed by atoms with Crippen molar-refractivity contribution in [2.75, 3.05) is 11.9 Å². The number of pyridine rings is 1. The summed E-state index contributed by atoms with van der Waals surface area (Å²) < 4.78 is 0.493. The molecule has 0 amide bonds. The maximum atomic E-state index is 5.90. The Morgan fingerprint density at radius 2 is 2.36 bits per heavy atom. The third-order valence-electron chi connectivity index (χ3n) is 2.21. The third kappa shape index (κ3) is 2.53. The van der Waals surface area contributed by atoms with Gasteiger partial charge in [-0.3, -0.25) is 0 Å². The number of alkyl halides is 2.